The number of urea groups is 1. The molecule has 1 aromatic carbocycles. The van der Waals surface area contributed by atoms with E-state index in [-0.39, 0.29) is 6.04 Å². The van der Waals surface area contributed by atoms with Crippen molar-refractivity contribution in [2.24, 2.45) is 0 Å². The van der Waals surface area contributed by atoms with Gasteiger partial charge in [-0.3, -0.25) is 10.1 Å². The number of amides is 3. The van der Waals surface area contributed by atoms with Crippen molar-refractivity contribution in [3.05, 3.63) is 28.2 Å². The lowest BCUT2D eigenvalue weighted by Gasteiger charge is -2.23. The van der Waals surface area contributed by atoms with Gasteiger partial charge in [0, 0.05) is 12.1 Å². The molecule has 0 aromatic heterocycles. The molecule has 1 aliphatic carbocycles. The van der Waals surface area contributed by atoms with Gasteiger partial charge < -0.3 is 10.1 Å². The topological polar surface area (TPSA) is 67.4 Å². The SMILES string of the molecule is C[C@@H](Oc1ccc(Cl)c(Cl)c1)C(=O)NC(=O)NC1CCCCC1. The van der Waals surface area contributed by atoms with Gasteiger partial charge in [0.1, 0.15) is 5.75 Å². The van der Waals surface area contributed by atoms with E-state index < -0.39 is 18.0 Å². The number of rotatable bonds is 4. The Kier molecular flexibility index (Phi) is 6.54. The Labute approximate surface area is 145 Å². The third-order valence-corrected chi connectivity index (χ3v) is 4.49. The molecule has 1 aromatic rings. The summed E-state index contributed by atoms with van der Waals surface area (Å²) >= 11 is 11.7. The molecule has 0 bridgehead atoms. The highest BCUT2D eigenvalue weighted by Crippen LogP contribution is 2.26. The molecule has 0 saturated heterocycles. The van der Waals surface area contributed by atoms with Gasteiger partial charge in [-0.15, -0.1) is 0 Å². The largest absolute Gasteiger partial charge is 0.481 e. The highest BCUT2D eigenvalue weighted by atomic mass is 35.5. The molecule has 1 aliphatic rings. The predicted octanol–water partition coefficient (Wildman–Crippen LogP) is 3.92. The minimum absolute atomic E-state index is 0.142. The first-order chi connectivity index (χ1) is 11.0. The molecule has 7 heteroatoms. The lowest BCUT2D eigenvalue weighted by molar-refractivity contribution is -0.126. The van der Waals surface area contributed by atoms with E-state index in [0.717, 1.165) is 25.7 Å². The normalized spacial score (nSPS) is 16.5. The van der Waals surface area contributed by atoms with E-state index in [1.807, 2.05) is 0 Å². The van der Waals surface area contributed by atoms with Crippen LogP contribution in [0.3, 0.4) is 0 Å². The van der Waals surface area contributed by atoms with Crippen molar-refractivity contribution in [1.82, 2.24) is 10.6 Å². The molecular weight excluding hydrogens is 339 g/mol. The van der Waals surface area contributed by atoms with Gasteiger partial charge in [0.2, 0.25) is 0 Å². The summed E-state index contributed by atoms with van der Waals surface area (Å²) < 4.78 is 5.47. The molecule has 23 heavy (non-hydrogen) atoms. The molecule has 1 saturated carbocycles. The first kappa shape index (κ1) is 17.9. The summed E-state index contributed by atoms with van der Waals surface area (Å²) in [5, 5.41) is 5.87. The molecular formula is C16H20Cl2N2O3. The molecule has 3 amide bonds. The van der Waals surface area contributed by atoms with E-state index in [9.17, 15) is 9.59 Å². The van der Waals surface area contributed by atoms with Crippen LogP contribution in [0.5, 0.6) is 5.75 Å². The predicted molar refractivity (Wildman–Crippen MR) is 90.1 cm³/mol. The highest BCUT2D eigenvalue weighted by molar-refractivity contribution is 6.42. The van der Waals surface area contributed by atoms with Crippen LogP contribution in [0.1, 0.15) is 39.0 Å². The van der Waals surface area contributed by atoms with Crippen LogP contribution in [0.15, 0.2) is 18.2 Å². The molecule has 0 aliphatic heterocycles. The maximum atomic E-state index is 12.0. The molecule has 126 valence electrons. The molecule has 0 heterocycles. The number of halogens is 2. The summed E-state index contributed by atoms with van der Waals surface area (Å²) in [5.41, 5.74) is 0. The van der Waals surface area contributed by atoms with Gasteiger partial charge in [-0.25, -0.2) is 4.79 Å². The summed E-state index contributed by atoms with van der Waals surface area (Å²) in [6.45, 7) is 1.56. The Bertz CT molecular complexity index is 574. The van der Waals surface area contributed by atoms with Crippen molar-refractivity contribution in [1.29, 1.82) is 0 Å². The van der Waals surface area contributed by atoms with Crippen LogP contribution < -0.4 is 15.4 Å². The number of imide groups is 1. The fraction of sp³-hybridized carbons (Fsp3) is 0.500. The molecule has 2 rings (SSSR count). The smallest absolute Gasteiger partial charge is 0.321 e. The van der Waals surface area contributed by atoms with Gasteiger partial charge in [0.25, 0.3) is 5.91 Å². The average Bonchev–Trinajstić information content (AvgIpc) is 2.51. The van der Waals surface area contributed by atoms with Crippen molar-refractivity contribution in [2.45, 2.75) is 51.2 Å². The second kappa shape index (κ2) is 8.41. The fourth-order valence-electron chi connectivity index (χ4n) is 2.49. The standard InChI is InChI=1S/C16H20Cl2N2O3/c1-10(23-12-7-8-13(17)14(18)9-12)15(21)20-16(22)19-11-5-3-2-4-6-11/h7-11H,2-6H2,1H3,(H2,19,20,21,22)/t10-/m1/s1. The molecule has 0 spiro atoms. The Morgan fingerprint density at radius 3 is 2.52 bits per heavy atom. The number of hydrogen-bond donors (Lipinski definition) is 2. The second-order valence-electron chi connectivity index (χ2n) is 5.63. The lowest BCUT2D eigenvalue weighted by Crippen LogP contribution is -2.48. The zero-order valence-corrected chi connectivity index (χ0v) is 14.4. The second-order valence-corrected chi connectivity index (χ2v) is 6.45. The molecule has 1 fully saturated rings. The van der Waals surface area contributed by atoms with Crippen LogP contribution in [0.25, 0.3) is 0 Å². The molecule has 1 atom stereocenters. The molecule has 0 unspecified atom stereocenters. The molecule has 5 nitrogen and oxygen atoms in total. The van der Waals surface area contributed by atoms with Gasteiger partial charge >= 0.3 is 6.03 Å². The lowest BCUT2D eigenvalue weighted by atomic mass is 9.96. The molecule has 0 radical (unpaired) electrons. The number of carbonyl (C=O) groups excluding carboxylic acids is 2. The monoisotopic (exact) mass is 358 g/mol. The number of ether oxygens (including phenoxy) is 1. The summed E-state index contributed by atoms with van der Waals surface area (Å²) in [5.74, 6) is -0.0980. The maximum Gasteiger partial charge on any atom is 0.321 e. The summed E-state index contributed by atoms with van der Waals surface area (Å²) in [4.78, 5) is 23.8. The highest BCUT2D eigenvalue weighted by Gasteiger charge is 2.20. The van der Waals surface area contributed by atoms with Gasteiger partial charge in [-0.2, -0.15) is 0 Å². The van der Waals surface area contributed by atoms with Gasteiger partial charge in [-0.05, 0) is 31.9 Å². The third kappa shape index (κ3) is 5.59. The minimum atomic E-state index is -0.829. The van der Waals surface area contributed by atoms with Crippen LogP contribution in [-0.4, -0.2) is 24.1 Å². The summed E-state index contributed by atoms with van der Waals surface area (Å²) in [7, 11) is 0. The van der Waals surface area contributed by atoms with E-state index in [0.29, 0.717) is 15.8 Å². The van der Waals surface area contributed by atoms with Crippen LogP contribution in [-0.2, 0) is 4.79 Å². The van der Waals surface area contributed by atoms with Crippen LogP contribution in [0.4, 0.5) is 4.79 Å². The maximum absolute atomic E-state index is 12.0. The number of benzene rings is 1. The van der Waals surface area contributed by atoms with E-state index in [4.69, 9.17) is 27.9 Å². The van der Waals surface area contributed by atoms with Crippen molar-refractivity contribution in [2.75, 3.05) is 0 Å². The van der Waals surface area contributed by atoms with Crippen LogP contribution >= 0.6 is 23.2 Å². The van der Waals surface area contributed by atoms with E-state index in [2.05, 4.69) is 10.6 Å². The Balaban J connectivity index is 1.81. The van der Waals surface area contributed by atoms with E-state index >= 15 is 0 Å². The first-order valence-corrected chi connectivity index (χ1v) is 8.44. The van der Waals surface area contributed by atoms with Crippen molar-refractivity contribution in [3.63, 3.8) is 0 Å². The molecule has 2 N–H and O–H groups in total. The number of carbonyl (C=O) groups is 2. The zero-order chi connectivity index (χ0) is 16.8. The zero-order valence-electron chi connectivity index (χ0n) is 12.9. The summed E-state index contributed by atoms with van der Waals surface area (Å²) in [6, 6.07) is 4.38. The van der Waals surface area contributed by atoms with Crippen LogP contribution in [0, 0.1) is 0 Å². The van der Waals surface area contributed by atoms with E-state index in [1.54, 1.807) is 19.1 Å². The quantitative estimate of drug-likeness (QED) is 0.856. The van der Waals surface area contributed by atoms with Crippen molar-refractivity contribution in [3.8, 4) is 5.75 Å². The number of hydrogen-bond acceptors (Lipinski definition) is 3. The Morgan fingerprint density at radius 2 is 1.87 bits per heavy atom. The number of nitrogens with one attached hydrogen (secondary N) is 2. The van der Waals surface area contributed by atoms with Gasteiger partial charge in [-0.1, -0.05) is 42.5 Å². The fourth-order valence-corrected chi connectivity index (χ4v) is 2.78. The summed E-state index contributed by atoms with van der Waals surface area (Å²) in [6.07, 6.45) is 4.50. The van der Waals surface area contributed by atoms with Crippen molar-refractivity contribution < 1.29 is 14.3 Å². The van der Waals surface area contributed by atoms with Gasteiger partial charge in [0.05, 0.1) is 10.0 Å². The average molecular weight is 359 g/mol. The van der Waals surface area contributed by atoms with E-state index in [1.165, 1.54) is 12.5 Å². The van der Waals surface area contributed by atoms with Crippen LogP contribution in [0.2, 0.25) is 10.0 Å². The Hall–Kier alpha value is -1.46. The van der Waals surface area contributed by atoms with Gasteiger partial charge in [0.15, 0.2) is 6.10 Å². The van der Waals surface area contributed by atoms with Crippen molar-refractivity contribution >= 4 is 35.1 Å². The Morgan fingerprint density at radius 1 is 1.17 bits per heavy atom. The first-order valence-electron chi connectivity index (χ1n) is 7.69. The minimum Gasteiger partial charge on any atom is -0.481 e. The third-order valence-electron chi connectivity index (χ3n) is 3.75.